The zero-order valence-electron chi connectivity index (χ0n) is 17.7. The van der Waals surface area contributed by atoms with E-state index < -0.39 is 5.69 Å². The third kappa shape index (κ3) is 5.03. The Labute approximate surface area is 185 Å². The van der Waals surface area contributed by atoms with Crippen molar-refractivity contribution in [1.82, 2.24) is 14.5 Å². The molecular formula is C26H25N3O3. The van der Waals surface area contributed by atoms with Gasteiger partial charge >= 0.3 is 5.69 Å². The first-order chi connectivity index (χ1) is 15.6. The molecule has 0 spiro atoms. The molecule has 3 aromatic carbocycles. The van der Waals surface area contributed by atoms with Crippen molar-refractivity contribution < 1.29 is 4.79 Å². The van der Waals surface area contributed by atoms with Gasteiger partial charge in [-0.1, -0.05) is 72.8 Å². The van der Waals surface area contributed by atoms with Crippen molar-refractivity contribution in [2.75, 3.05) is 0 Å². The highest BCUT2D eigenvalue weighted by Crippen LogP contribution is 2.13. The molecule has 6 heteroatoms. The quantitative estimate of drug-likeness (QED) is 0.466. The predicted octanol–water partition coefficient (Wildman–Crippen LogP) is 3.70. The lowest BCUT2D eigenvalue weighted by molar-refractivity contribution is -0.132. The second-order valence-corrected chi connectivity index (χ2v) is 7.76. The number of hydrogen-bond acceptors (Lipinski definition) is 3. The molecule has 32 heavy (non-hydrogen) atoms. The molecule has 0 aliphatic rings. The summed E-state index contributed by atoms with van der Waals surface area (Å²) < 4.78 is 1.17. The summed E-state index contributed by atoms with van der Waals surface area (Å²) in [6.07, 6.45) is 0.651. The maximum Gasteiger partial charge on any atom is 0.328 e. The van der Waals surface area contributed by atoms with Crippen LogP contribution in [-0.2, 0) is 24.4 Å². The Kier molecular flexibility index (Phi) is 6.60. The minimum Gasteiger partial charge on any atom is -0.334 e. The number of H-pyrrole nitrogens is 1. The zero-order chi connectivity index (χ0) is 22.3. The van der Waals surface area contributed by atoms with Gasteiger partial charge in [0, 0.05) is 26.1 Å². The van der Waals surface area contributed by atoms with Crippen LogP contribution in [-0.4, -0.2) is 20.4 Å². The van der Waals surface area contributed by atoms with Crippen LogP contribution in [0, 0.1) is 0 Å². The highest BCUT2D eigenvalue weighted by Gasteiger charge is 2.15. The number of nitrogens with one attached hydrogen (secondary N) is 1. The Morgan fingerprint density at radius 1 is 0.781 bits per heavy atom. The number of aromatic nitrogens is 2. The normalized spacial score (nSPS) is 10.9. The lowest BCUT2D eigenvalue weighted by Gasteiger charge is -2.23. The van der Waals surface area contributed by atoms with Crippen LogP contribution in [0.15, 0.2) is 94.5 Å². The minimum absolute atomic E-state index is 0.0111. The molecule has 1 aromatic heterocycles. The Morgan fingerprint density at radius 2 is 1.34 bits per heavy atom. The van der Waals surface area contributed by atoms with E-state index in [1.807, 2.05) is 65.6 Å². The van der Waals surface area contributed by atoms with E-state index in [-0.39, 0.29) is 24.4 Å². The van der Waals surface area contributed by atoms with Gasteiger partial charge in [-0.25, -0.2) is 4.79 Å². The van der Waals surface area contributed by atoms with E-state index in [1.54, 1.807) is 24.3 Å². The van der Waals surface area contributed by atoms with Crippen LogP contribution >= 0.6 is 0 Å². The first-order valence-electron chi connectivity index (χ1n) is 10.7. The highest BCUT2D eigenvalue weighted by molar-refractivity contribution is 5.77. The van der Waals surface area contributed by atoms with Crippen molar-refractivity contribution in [2.24, 2.45) is 0 Å². The number of carbonyl (C=O) groups excluding carboxylic acids is 1. The second-order valence-electron chi connectivity index (χ2n) is 7.76. The molecule has 0 unspecified atom stereocenters. The average Bonchev–Trinajstić information content (AvgIpc) is 2.82. The van der Waals surface area contributed by atoms with E-state index in [9.17, 15) is 14.4 Å². The first kappa shape index (κ1) is 21.3. The molecule has 6 nitrogen and oxygen atoms in total. The fourth-order valence-electron chi connectivity index (χ4n) is 3.79. The van der Waals surface area contributed by atoms with Gasteiger partial charge in [-0.3, -0.25) is 14.2 Å². The first-order valence-corrected chi connectivity index (χ1v) is 10.7. The van der Waals surface area contributed by atoms with Crippen LogP contribution in [0.2, 0.25) is 0 Å². The van der Waals surface area contributed by atoms with E-state index in [4.69, 9.17) is 0 Å². The van der Waals surface area contributed by atoms with Gasteiger partial charge in [-0.2, -0.15) is 0 Å². The number of fused-ring (bicyclic) bond motifs is 1. The van der Waals surface area contributed by atoms with Crippen LogP contribution < -0.4 is 11.2 Å². The molecule has 162 valence electrons. The summed E-state index contributed by atoms with van der Waals surface area (Å²) in [4.78, 5) is 42.7. The monoisotopic (exact) mass is 427 g/mol. The van der Waals surface area contributed by atoms with Crippen molar-refractivity contribution in [3.05, 3.63) is 117 Å². The molecule has 0 saturated heterocycles. The lowest BCUT2D eigenvalue weighted by Crippen LogP contribution is -2.35. The van der Waals surface area contributed by atoms with Crippen LogP contribution in [0.4, 0.5) is 0 Å². The second kappa shape index (κ2) is 9.92. The average molecular weight is 428 g/mol. The Bertz CT molecular complexity index is 1270. The molecule has 1 N–H and O–H groups in total. The number of carbonyl (C=O) groups is 1. The molecule has 0 saturated carbocycles. The van der Waals surface area contributed by atoms with Crippen molar-refractivity contribution >= 4 is 16.8 Å². The number of nitrogens with zero attached hydrogens (tertiary/aromatic N) is 2. The molecule has 0 radical (unpaired) electrons. The molecule has 0 bridgehead atoms. The van der Waals surface area contributed by atoms with Crippen LogP contribution in [0.3, 0.4) is 0 Å². The van der Waals surface area contributed by atoms with Crippen molar-refractivity contribution in [3.63, 3.8) is 0 Å². The molecule has 1 amide bonds. The third-order valence-corrected chi connectivity index (χ3v) is 5.45. The molecule has 0 fully saturated rings. The topological polar surface area (TPSA) is 75.2 Å². The fourth-order valence-corrected chi connectivity index (χ4v) is 3.79. The minimum atomic E-state index is -0.452. The number of para-hydroxylation sites is 1. The number of amides is 1. The Balaban J connectivity index is 1.47. The summed E-state index contributed by atoms with van der Waals surface area (Å²) in [6, 6.07) is 26.7. The summed E-state index contributed by atoms with van der Waals surface area (Å²) in [5, 5.41) is 0.466. The summed E-state index contributed by atoms with van der Waals surface area (Å²) in [6.45, 7) is 1.20. The van der Waals surface area contributed by atoms with Gasteiger partial charge in [-0.15, -0.1) is 0 Å². The smallest absolute Gasteiger partial charge is 0.328 e. The number of benzene rings is 3. The van der Waals surface area contributed by atoms with E-state index >= 15 is 0 Å². The standard InChI is InChI=1S/C26H25N3O3/c30-24(16-9-17-29-25(31)22-14-7-8-15-23(22)27-26(29)32)28(18-20-10-3-1-4-11-20)19-21-12-5-2-6-13-21/h1-8,10-15H,9,16-19H2,(H,27,32). The van der Waals surface area contributed by atoms with Crippen LogP contribution in [0.25, 0.3) is 10.9 Å². The molecule has 0 atom stereocenters. The summed E-state index contributed by atoms with van der Waals surface area (Å²) in [5.74, 6) is -0.0111. The molecular weight excluding hydrogens is 402 g/mol. The highest BCUT2D eigenvalue weighted by atomic mass is 16.2. The Morgan fingerprint density at radius 3 is 1.97 bits per heavy atom. The van der Waals surface area contributed by atoms with Crippen molar-refractivity contribution in [3.8, 4) is 0 Å². The summed E-state index contributed by atoms with van der Waals surface area (Å²) in [5.41, 5.74) is 1.85. The number of rotatable bonds is 8. The van der Waals surface area contributed by atoms with Crippen LogP contribution in [0.5, 0.6) is 0 Å². The van der Waals surface area contributed by atoms with Gasteiger partial charge in [0.1, 0.15) is 0 Å². The lowest BCUT2D eigenvalue weighted by atomic mass is 10.1. The summed E-state index contributed by atoms with van der Waals surface area (Å²) in [7, 11) is 0. The molecule has 1 heterocycles. The fraction of sp³-hybridized carbons (Fsp3) is 0.192. The number of aromatic amines is 1. The molecule has 4 rings (SSSR count). The molecule has 4 aromatic rings. The van der Waals surface area contributed by atoms with Gasteiger partial charge in [0.2, 0.25) is 5.91 Å². The van der Waals surface area contributed by atoms with Gasteiger partial charge in [0.25, 0.3) is 5.56 Å². The van der Waals surface area contributed by atoms with Gasteiger partial charge in [-0.05, 0) is 29.7 Å². The SMILES string of the molecule is O=C(CCCn1c(=O)[nH]c2ccccc2c1=O)N(Cc1ccccc1)Cc1ccccc1. The van der Waals surface area contributed by atoms with Crippen molar-refractivity contribution in [2.45, 2.75) is 32.5 Å². The predicted molar refractivity (Wildman–Crippen MR) is 125 cm³/mol. The maximum atomic E-state index is 13.1. The Hall–Kier alpha value is -3.93. The maximum absolute atomic E-state index is 13.1. The van der Waals surface area contributed by atoms with E-state index in [1.165, 1.54) is 4.57 Å². The third-order valence-electron chi connectivity index (χ3n) is 5.45. The largest absolute Gasteiger partial charge is 0.334 e. The van der Waals surface area contributed by atoms with E-state index in [2.05, 4.69) is 4.98 Å². The van der Waals surface area contributed by atoms with Gasteiger partial charge in [0.05, 0.1) is 10.9 Å². The number of hydrogen-bond donors (Lipinski definition) is 1. The zero-order valence-corrected chi connectivity index (χ0v) is 17.7. The molecule has 0 aliphatic heterocycles. The van der Waals surface area contributed by atoms with Gasteiger partial charge < -0.3 is 9.88 Å². The van der Waals surface area contributed by atoms with Crippen molar-refractivity contribution in [1.29, 1.82) is 0 Å². The summed E-state index contributed by atoms with van der Waals surface area (Å²) >= 11 is 0. The van der Waals surface area contributed by atoms with Crippen LogP contribution in [0.1, 0.15) is 24.0 Å². The van der Waals surface area contributed by atoms with E-state index in [0.717, 1.165) is 11.1 Å². The molecule has 0 aliphatic carbocycles. The van der Waals surface area contributed by atoms with E-state index in [0.29, 0.717) is 30.4 Å². The van der Waals surface area contributed by atoms with Gasteiger partial charge in [0.15, 0.2) is 0 Å².